The van der Waals surface area contributed by atoms with Crippen LogP contribution in [0.2, 0.25) is 0 Å². The maximum Gasteiger partial charge on any atom is 0.242 e. The Morgan fingerprint density at radius 3 is 2.20 bits per heavy atom. The van der Waals surface area contributed by atoms with Gasteiger partial charge in [0.25, 0.3) is 0 Å². The average Bonchev–Trinajstić information content (AvgIpc) is 3.41. The summed E-state index contributed by atoms with van der Waals surface area (Å²) in [5.74, 6) is 0.580. The number of nitrogens with one attached hydrogen (secondary N) is 1. The lowest BCUT2D eigenvalue weighted by atomic mass is 9.89. The van der Waals surface area contributed by atoms with E-state index in [9.17, 15) is 10.1 Å². The second-order valence-electron chi connectivity index (χ2n) is 10.3. The highest BCUT2D eigenvalue weighted by atomic mass is 32.2. The van der Waals surface area contributed by atoms with Gasteiger partial charge in [-0.15, -0.1) is 10.2 Å². The van der Waals surface area contributed by atoms with Gasteiger partial charge < -0.3 is 10.1 Å². The quantitative estimate of drug-likeness (QED) is 0.223. The first-order valence-electron chi connectivity index (χ1n) is 13.3. The molecule has 0 unspecified atom stereocenters. The number of nitrogens with zero attached hydrogens (tertiary/aromatic N) is 5. The monoisotopic (exact) mass is 560 g/mol. The summed E-state index contributed by atoms with van der Waals surface area (Å²) in [5.41, 5.74) is 4.88. The van der Waals surface area contributed by atoms with Gasteiger partial charge in [0, 0.05) is 29.0 Å². The number of thioether (sulfide) groups is 1. The molecule has 1 aliphatic heterocycles. The summed E-state index contributed by atoms with van der Waals surface area (Å²) in [7, 11) is 0. The SMILES string of the molecule is CC1(C)Cc2c(C#N)c(Nc3ccccc3)n3c(SCC(=O)N(c4ccccc4)c4ccccc4)nnc3c2CO1. The van der Waals surface area contributed by atoms with Crippen LogP contribution >= 0.6 is 11.8 Å². The first kappa shape index (κ1) is 26.6. The van der Waals surface area contributed by atoms with Crippen molar-refractivity contribution in [3.8, 4) is 6.07 Å². The number of rotatable bonds is 7. The summed E-state index contributed by atoms with van der Waals surface area (Å²) in [6, 6.07) is 31.3. The highest BCUT2D eigenvalue weighted by Crippen LogP contribution is 2.38. The van der Waals surface area contributed by atoms with Crippen LogP contribution in [0, 0.1) is 11.3 Å². The molecule has 3 heterocycles. The van der Waals surface area contributed by atoms with E-state index < -0.39 is 5.60 Å². The zero-order chi connectivity index (χ0) is 28.4. The number of fused-ring (bicyclic) bond motifs is 3. The van der Waals surface area contributed by atoms with Crippen molar-refractivity contribution in [2.24, 2.45) is 0 Å². The second-order valence-corrected chi connectivity index (χ2v) is 11.3. The molecular formula is C32H28N6O2S. The molecule has 0 atom stereocenters. The Balaban J connectivity index is 1.41. The molecule has 3 aromatic carbocycles. The number of nitriles is 1. The number of amides is 1. The Labute approximate surface area is 242 Å². The van der Waals surface area contributed by atoms with Gasteiger partial charge in [-0.1, -0.05) is 66.4 Å². The number of pyridine rings is 1. The highest BCUT2D eigenvalue weighted by Gasteiger charge is 2.33. The smallest absolute Gasteiger partial charge is 0.242 e. The van der Waals surface area contributed by atoms with Crippen LogP contribution in [0.25, 0.3) is 5.65 Å². The van der Waals surface area contributed by atoms with E-state index in [4.69, 9.17) is 4.74 Å². The number of benzene rings is 3. The van der Waals surface area contributed by atoms with Crippen LogP contribution in [0.1, 0.15) is 30.5 Å². The average molecular weight is 561 g/mol. The van der Waals surface area contributed by atoms with Crippen molar-refractivity contribution in [2.45, 2.75) is 37.6 Å². The molecule has 1 N–H and O–H groups in total. The van der Waals surface area contributed by atoms with Crippen LogP contribution < -0.4 is 10.2 Å². The fourth-order valence-electron chi connectivity index (χ4n) is 5.07. The molecule has 1 aliphatic rings. The topological polar surface area (TPSA) is 95.6 Å². The van der Waals surface area contributed by atoms with Crippen molar-refractivity contribution in [3.63, 3.8) is 0 Å². The number of anilines is 4. The van der Waals surface area contributed by atoms with Crippen molar-refractivity contribution < 1.29 is 9.53 Å². The van der Waals surface area contributed by atoms with E-state index in [0.29, 0.717) is 35.2 Å². The summed E-state index contributed by atoms with van der Waals surface area (Å²) in [6.07, 6.45) is 0.572. The summed E-state index contributed by atoms with van der Waals surface area (Å²) >= 11 is 1.28. The van der Waals surface area contributed by atoms with Crippen molar-refractivity contribution in [1.82, 2.24) is 14.6 Å². The number of hydrogen-bond acceptors (Lipinski definition) is 7. The molecule has 6 rings (SSSR count). The molecule has 41 heavy (non-hydrogen) atoms. The van der Waals surface area contributed by atoms with Crippen molar-refractivity contribution in [1.29, 1.82) is 5.26 Å². The molecule has 5 aromatic rings. The zero-order valence-corrected chi connectivity index (χ0v) is 23.6. The van der Waals surface area contributed by atoms with Gasteiger partial charge in [-0.3, -0.25) is 14.1 Å². The van der Waals surface area contributed by atoms with Gasteiger partial charge in [-0.25, -0.2) is 0 Å². The second kappa shape index (κ2) is 11.1. The predicted molar refractivity (Wildman–Crippen MR) is 161 cm³/mol. The Bertz CT molecular complexity index is 1710. The first-order valence-corrected chi connectivity index (χ1v) is 14.3. The molecule has 0 spiro atoms. The van der Waals surface area contributed by atoms with Crippen LogP contribution in [-0.4, -0.2) is 31.9 Å². The van der Waals surface area contributed by atoms with E-state index in [1.165, 1.54) is 11.8 Å². The normalized spacial score (nSPS) is 13.8. The third-order valence-electron chi connectivity index (χ3n) is 6.99. The zero-order valence-electron chi connectivity index (χ0n) is 22.7. The number of ether oxygens (including phenoxy) is 1. The minimum absolute atomic E-state index is 0.106. The fourth-order valence-corrected chi connectivity index (χ4v) is 5.86. The predicted octanol–water partition coefficient (Wildman–Crippen LogP) is 6.65. The van der Waals surface area contributed by atoms with Gasteiger partial charge in [0.15, 0.2) is 10.8 Å². The van der Waals surface area contributed by atoms with Crippen molar-refractivity contribution >= 4 is 46.2 Å². The standard InChI is InChI=1S/C32H28N6O2S/c1-32(2)18-25-26(19-33)29(34-22-12-6-3-7-13-22)38-30(27(25)20-40-32)35-36-31(38)41-21-28(39)37(23-14-8-4-9-15-23)24-16-10-5-11-17-24/h3-17,34H,18,20-21H2,1-2H3. The van der Waals surface area contributed by atoms with E-state index in [2.05, 4.69) is 21.6 Å². The van der Waals surface area contributed by atoms with E-state index in [-0.39, 0.29) is 11.7 Å². The molecule has 9 heteroatoms. The largest absolute Gasteiger partial charge is 0.370 e. The Morgan fingerprint density at radius 1 is 0.976 bits per heavy atom. The lowest BCUT2D eigenvalue weighted by molar-refractivity contribution is -0.115. The van der Waals surface area contributed by atoms with E-state index in [1.54, 1.807) is 4.90 Å². The maximum absolute atomic E-state index is 13.7. The number of carbonyl (C=O) groups is 1. The maximum atomic E-state index is 13.7. The molecule has 0 aliphatic carbocycles. The first-order chi connectivity index (χ1) is 19.9. The molecule has 0 bridgehead atoms. The van der Waals surface area contributed by atoms with Gasteiger partial charge in [0.2, 0.25) is 5.91 Å². The summed E-state index contributed by atoms with van der Waals surface area (Å²) in [4.78, 5) is 15.4. The van der Waals surface area contributed by atoms with E-state index >= 15 is 0 Å². The molecule has 0 fully saturated rings. The van der Waals surface area contributed by atoms with Gasteiger partial charge in [0.05, 0.1) is 23.5 Å². The van der Waals surface area contributed by atoms with Crippen molar-refractivity contribution in [3.05, 3.63) is 108 Å². The minimum Gasteiger partial charge on any atom is -0.370 e. The number of para-hydroxylation sites is 3. The van der Waals surface area contributed by atoms with Crippen LogP contribution in [-0.2, 0) is 22.6 Å². The summed E-state index contributed by atoms with van der Waals surface area (Å²) in [6.45, 7) is 4.37. The summed E-state index contributed by atoms with van der Waals surface area (Å²) < 4.78 is 7.96. The van der Waals surface area contributed by atoms with Gasteiger partial charge in [0.1, 0.15) is 11.9 Å². The Hall–Kier alpha value is -4.65. The highest BCUT2D eigenvalue weighted by molar-refractivity contribution is 7.99. The summed E-state index contributed by atoms with van der Waals surface area (Å²) in [5, 5.41) is 23.4. The van der Waals surface area contributed by atoms with Crippen LogP contribution in [0.4, 0.5) is 22.9 Å². The molecule has 0 saturated carbocycles. The third-order valence-corrected chi connectivity index (χ3v) is 7.90. The molecule has 2 aromatic heterocycles. The minimum atomic E-state index is -0.413. The Morgan fingerprint density at radius 2 is 1.59 bits per heavy atom. The van der Waals surface area contributed by atoms with Crippen LogP contribution in [0.3, 0.4) is 0 Å². The fraction of sp³-hybridized carbons (Fsp3) is 0.188. The van der Waals surface area contributed by atoms with E-state index in [0.717, 1.165) is 28.2 Å². The number of carbonyl (C=O) groups excluding carboxylic acids is 1. The number of aromatic nitrogens is 3. The molecule has 0 radical (unpaired) electrons. The number of hydrogen-bond donors (Lipinski definition) is 1. The molecule has 1 amide bonds. The molecule has 204 valence electrons. The van der Waals surface area contributed by atoms with E-state index in [1.807, 2.05) is 109 Å². The van der Waals surface area contributed by atoms with Gasteiger partial charge in [-0.2, -0.15) is 5.26 Å². The van der Waals surface area contributed by atoms with Crippen molar-refractivity contribution in [2.75, 3.05) is 16.0 Å². The lowest BCUT2D eigenvalue weighted by Crippen LogP contribution is -2.33. The van der Waals surface area contributed by atoms with Gasteiger partial charge >= 0.3 is 0 Å². The molecular weight excluding hydrogens is 532 g/mol. The van der Waals surface area contributed by atoms with Gasteiger partial charge in [-0.05, 0) is 55.8 Å². The molecule has 8 nitrogen and oxygen atoms in total. The lowest BCUT2D eigenvalue weighted by Gasteiger charge is -2.33. The van der Waals surface area contributed by atoms with Crippen LogP contribution in [0.5, 0.6) is 0 Å². The molecule has 0 saturated heterocycles. The third kappa shape index (κ3) is 5.27. The Kier molecular flexibility index (Phi) is 7.18. The van der Waals surface area contributed by atoms with Crippen LogP contribution in [0.15, 0.2) is 96.2 Å².